The third-order valence-corrected chi connectivity index (χ3v) is 4.85. The number of rotatable bonds is 8. The molecule has 0 saturated carbocycles. The van der Waals surface area contributed by atoms with Crippen molar-refractivity contribution in [2.75, 3.05) is 26.2 Å². The highest BCUT2D eigenvalue weighted by atomic mass is 35.5. The van der Waals surface area contributed by atoms with Crippen LogP contribution < -0.4 is 5.32 Å². The smallest absolute Gasteiger partial charge is 0.325 e. The van der Waals surface area contributed by atoms with Crippen LogP contribution in [0.25, 0.3) is 0 Å². The van der Waals surface area contributed by atoms with Crippen molar-refractivity contribution in [3.05, 3.63) is 41.3 Å². The van der Waals surface area contributed by atoms with Crippen LogP contribution in [0.5, 0.6) is 0 Å². The molecule has 0 aliphatic carbocycles. The Hall–Kier alpha value is -1.10. The largest absolute Gasteiger partial charge is 0.460 e. The molecule has 133 valence electrons. The molecular weight excluding hydrogens is 324 g/mol. The van der Waals surface area contributed by atoms with E-state index in [9.17, 15) is 4.79 Å². The predicted octanol–water partition coefficient (Wildman–Crippen LogP) is 3.36. The SMILES string of the molecule is [CH2]CCCCCN1CCNCC1C(=O)OCc1ccc(C)c(Cl)c1. The highest BCUT2D eigenvalue weighted by molar-refractivity contribution is 6.31. The van der Waals surface area contributed by atoms with Gasteiger partial charge in [0.05, 0.1) is 0 Å². The zero-order chi connectivity index (χ0) is 17.4. The van der Waals surface area contributed by atoms with Gasteiger partial charge in [-0.25, -0.2) is 0 Å². The van der Waals surface area contributed by atoms with Crippen molar-refractivity contribution in [1.82, 2.24) is 10.2 Å². The molecule has 5 heteroatoms. The lowest BCUT2D eigenvalue weighted by Gasteiger charge is -2.34. The van der Waals surface area contributed by atoms with Gasteiger partial charge in [-0.2, -0.15) is 0 Å². The highest BCUT2D eigenvalue weighted by Crippen LogP contribution is 2.18. The van der Waals surface area contributed by atoms with E-state index < -0.39 is 0 Å². The zero-order valence-corrected chi connectivity index (χ0v) is 15.3. The number of carbonyl (C=O) groups is 1. The summed E-state index contributed by atoms with van der Waals surface area (Å²) in [6, 6.07) is 5.56. The van der Waals surface area contributed by atoms with Crippen LogP contribution in [0.4, 0.5) is 0 Å². The molecule has 1 N–H and O–H groups in total. The molecule has 1 radical (unpaired) electrons. The molecule has 1 fully saturated rings. The standard InChI is InChI=1S/C19H28ClN2O2/c1-3-4-5-6-10-22-11-9-21-13-18(22)19(23)24-14-16-8-7-15(2)17(20)12-16/h7-8,12,18,21H,1,3-6,9-11,13-14H2,2H3. The van der Waals surface area contributed by atoms with Crippen LogP contribution in [0.3, 0.4) is 0 Å². The maximum absolute atomic E-state index is 12.5. The third-order valence-electron chi connectivity index (χ3n) is 4.44. The van der Waals surface area contributed by atoms with Crippen LogP contribution in [-0.2, 0) is 16.1 Å². The molecule has 1 atom stereocenters. The molecule has 0 amide bonds. The van der Waals surface area contributed by atoms with Crippen molar-refractivity contribution in [3.8, 4) is 0 Å². The summed E-state index contributed by atoms with van der Waals surface area (Å²) >= 11 is 6.12. The average Bonchev–Trinajstić information content (AvgIpc) is 2.60. The number of nitrogens with one attached hydrogen (secondary N) is 1. The fourth-order valence-corrected chi connectivity index (χ4v) is 3.09. The van der Waals surface area contributed by atoms with Gasteiger partial charge in [-0.15, -0.1) is 0 Å². The van der Waals surface area contributed by atoms with E-state index in [0.717, 1.165) is 56.4 Å². The number of halogens is 1. The number of piperazine rings is 1. The summed E-state index contributed by atoms with van der Waals surface area (Å²) in [6.07, 6.45) is 4.39. The van der Waals surface area contributed by atoms with Gasteiger partial charge in [0.2, 0.25) is 0 Å². The van der Waals surface area contributed by atoms with Crippen LogP contribution in [0, 0.1) is 13.8 Å². The second kappa shape index (κ2) is 10.0. The number of benzene rings is 1. The van der Waals surface area contributed by atoms with Crippen LogP contribution in [0.1, 0.15) is 36.8 Å². The zero-order valence-electron chi connectivity index (χ0n) is 14.5. The molecule has 1 aliphatic rings. The summed E-state index contributed by atoms with van der Waals surface area (Å²) in [4.78, 5) is 14.7. The van der Waals surface area contributed by atoms with Gasteiger partial charge in [0.25, 0.3) is 0 Å². The molecule has 0 aromatic heterocycles. The summed E-state index contributed by atoms with van der Waals surface area (Å²) in [7, 11) is 0. The molecular formula is C19H28ClN2O2. The monoisotopic (exact) mass is 351 g/mol. The van der Waals surface area contributed by atoms with E-state index >= 15 is 0 Å². The molecule has 1 aromatic rings. The lowest BCUT2D eigenvalue weighted by Crippen LogP contribution is -2.55. The van der Waals surface area contributed by atoms with E-state index in [-0.39, 0.29) is 18.6 Å². The number of unbranched alkanes of at least 4 members (excludes halogenated alkanes) is 3. The summed E-state index contributed by atoms with van der Waals surface area (Å²) in [5.41, 5.74) is 1.95. The number of hydrogen-bond acceptors (Lipinski definition) is 4. The Morgan fingerprint density at radius 1 is 1.42 bits per heavy atom. The minimum Gasteiger partial charge on any atom is -0.460 e. The summed E-state index contributed by atoms with van der Waals surface area (Å²) in [6.45, 7) is 9.51. The minimum atomic E-state index is -0.195. The second-order valence-electron chi connectivity index (χ2n) is 6.36. The minimum absolute atomic E-state index is 0.156. The first-order valence-corrected chi connectivity index (χ1v) is 9.15. The van der Waals surface area contributed by atoms with Crippen molar-refractivity contribution >= 4 is 17.6 Å². The maximum Gasteiger partial charge on any atom is 0.325 e. The first kappa shape index (κ1) is 19.2. The third kappa shape index (κ3) is 5.76. The Morgan fingerprint density at radius 3 is 3.00 bits per heavy atom. The number of carbonyl (C=O) groups excluding carboxylic acids is 1. The Balaban J connectivity index is 1.84. The van der Waals surface area contributed by atoms with Gasteiger partial charge < -0.3 is 10.1 Å². The van der Waals surface area contributed by atoms with Crippen molar-refractivity contribution in [3.63, 3.8) is 0 Å². The number of hydrogen-bond donors (Lipinski definition) is 1. The molecule has 4 nitrogen and oxygen atoms in total. The average molecular weight is 352 g/mol. The van der Waals surface area contributed by atoms with Gasteiger partial charge in [0.1, 0.15) is 12.6 Å². The Morgan fingerprint density at radius 2 is 2.25 bits per heavy atom. The first-order chi connectivity index (χ1) is 11.6. The van der Waals surface area contributed by atoms with Crippen LogP contribution in [0.15, 0.2) is 18.2 Å². The number of aryl methyl sites for hydroxylation is 1. The highest BCUT2D eigenvalue weighted by Gasteiger charge is 2.29. The summed E-state index contributed by atoms with van der Waals surface area (Å²) < 4.78 is 5.53. The van der Waals surface area contributed by atoms with Gasteiger partial charge in [-0.05, 0) is 37.1 Å². The van der Waals surface area contributed by atoms with Gasteiger partial charge in [-0.1, -0.05) is 49.9 Å². The van der Waals surface area contributed by atoms with Crippen LogP contribution in [0.2, 0.25) is 5.02 Å². The fraction of sp³-hybridized carbons (Fsp3) is 0.579. The van der Waals surface area contributed by atoms with E-state index in [1.54, 1.807) is 0 Å². The number of ether oxygens (including phenoxy) is 1. The van der Waals surface area contributed by atoms with Gasteiger partial charge in [0, 0.05) is 24.7 Å². The molecule has 1 unspecified atom stereocenters. The van der Waals surface area contributed by atoms with Crippen molar-refractivity contribution in [2.24, 2.45) is 0 Å². The lowest BCUT2D eigenvalue weighted by molar-refractivity contribution is -0.152. The van der Waals surface area contributed by atoms with Crippen molar-refractivity contribution in [1.29, 1.82) is 0 Å². The van der Waals surface area contributed by atoms with E-state index in [4.69, 9.17) is 16.3 Å². The topological polar surface area (TPSA) is 41.6 Å². The molecule has 0 spiro atoms. The van der Waals surface area contributed by atoms with Crippen molar-refractivity contribution < 1.29 is 9.53 Å². The molecule has 1 aliphatic heterocycles. The fourth-order valence-electron chi connectivity index (χ4n) is 2.89. The van der Waals surface area contributed by atoms with E-state index in [1.165, 1.54) is 0 Å². The summed E-state index contributed by atoms with van der Waals surface area (Å²) in [5.74, 6) is -0.156. The quantitative estimate of drug-likeness (QED) is 0.576. The number of esters is 1. The molecule has 0 bridgehead atoms. The number of nitrogens with zero attached hydrogens (tertiary/aromatic N) is 1. The molecule has 24 heavy (non-hydrogen) atoms. The van der Waals surface area contributed by atoms with Crippen molar-refractivity contribution in [2.45, 2.75) is 45.3 Å². The van der Waals surface area contributed by atoms with Gasteiger partial charge in [0.15, 0.2) is 0 Å². The van der Waals surface area contributed by atoms with Crippen LogP contribution in [-0.4, -0.2) is 43.1 Å². The second-order valence-corrected chi connectivity index (χ2v) is 6.77. The summed E-state index contributed by atoms with van der Waals surface area (Å²) in [5, 5.41) is 3.99. The lowest BCUT2D eigenvalue weighted by atomic mass is 10.1. The maximum atomic E-state index is 12.5. The Kier molecular flexibility index (Phi) is 8.03. The predicted molar refractivity (Wildman–Crippen MR) is 98.0 cm³/mol. The Labute approximate surface area is 150 Å². The molecule has 1 heterocycles. The van der Waals surface area contributed by atoms with E-state index in [2.05, 4.69) is 17.1 Å². The normalized spacial score (nSPS) is 18.5. The van der Waals surface area contributed by atoms with Gasteiger partial charge >= 0.3 is 5.97 Å². The molecule has 2 rings (SSSR count). The first-order valence-electron chi connectivity index (χ1n) is 8.77. The van der Waals surface area contributed by atoms with E-state index in [1.807, 2.05) is 25.1 Å². The molecule has 1 saturated heterocycles. The molecule has 1 aromatic carbocycles. The van der Waals surface area contributed by atoms with Gasteiger partial charge in [-0.3, -0.25) is 9.69 Å². The van der Waals surface area contributed by atoms with E-state index in [0.29, 0.717) is 11.6 Å². The Bertz CT molecular complexity index is 536. The van der Waals surface area contributed by atoms with Crippen LogP contribution >= 0.6 is 11.6 Å².